The summed E-state index contributed by atoms with van der Waals surface area (Å²) in [5, 5.41) is 2.70. The van der Waals surface area contributed by atoms with Gasteiger partial charge >= 0.3 is 0 Å². The smallest absolute Gasteiger partial charge is 0.265 e. The Kier molecular flexibility index (Phi) is 6.16. The van der Waals surface area contributed by atoms with Crippen LogP contribution >= 0.6 is 0 Å². The van der Waals surface area contributed by atoms with Crippen molar-refractivity contribution in [1.29, 1.82) is 0 Å². The summed E-state index contributed by atoms with van der Waals surface area (Å²) in [5.74, 6) is 0.269. The highest BCUT2D eigenvalue weighted by molar-refractivity contribution is 7.91. The lowest BCUT2D eigenvalue weighted by atomic mass is 10.2. The summed E-state index contributed by atoms with van der Waals surface area (Å²) in [6.07, 6.45) is 0. The topological polar surface area (TPSA) is 111 Å². The summed E-state index contributed by atoms with van der Waals surface area (Å²) in [7, 11) is -0.512. The summed E-state index contributed by atoms with van der Waals surface area (Å²) >= 11 is 0. The summed E-state index contributed by atoms with van der Waals surface area (Å²) in [5.41, 5.74) is 0.643. The van der Waals surface area contributed by atoms with Gasteiger partial charge in [-0.05, 0) is 30.3 Å². The molecule has 0 spiro atoms. The van der Waals surface area contributed by atoms with Gasteiger partial charge in [0.25, 0.3) is 5.91 Å². The number of nitrogens with one attached hydrogen (secondary N) is 1. The molecule has 160 valence electrons. The third kappa shape index (κ3) is 4.33. The van der Waals surface area contributed by atoms with Crippen molar-refractivity contribution in [2.45, 2.75) is 11.8 Å². The van der Waals surface area contributed by atoms with Crippen molar-refractivity contribution >= 4 is 33.0 Å². The first-order valence-corrected chi connectivity index (χ1v) is 10.8. The van der Waals surface area contributed by atoms with E-state index in [9.17, 15) is 18.0 Å². The first-order chi connectivity index (χ1) is 14.3. The fourth-order valence-electron chi connectivity index (χ4n) is 2.95. The van der Waals surface area contributed by atoms with E-state index in [1.807, 2.05) is 0 Å². The number of hydrogen-bond acceptors (Lipinski definition) is 7. The molecule has 2 aromatic carbocycles. The van der Waals surface area contributed by atoms with Crippen LogP contribution in [0.5, 0.6) is 17.2 Å². The molecule has 30 heavy (non-hydrogen) atoms. The van der Waals surface area contributed by atoms with Crippen LogP contribution in [0.3, 0.4) is 0 Å². The predicted molar refractivity (Wildman–Crippen MR) is 110 cm³/mol. The zero-order valence-corrected chi connectivity index (χ0v) is 17.6. The van der Waals surface area contributed by atoms with Crippen LogP contribution < -0.4 is 24.4 Å². The Morgan fingerprint density at radius 1 is 1.17 bits per heavy atom. The number of nitrogens with zero attached hydrogens (tertiary/aromatic N) is 1. The van der Waals surface area contributed by atoms with Gasteiger partial charge in [-0.3, -0.25) is 14.5 Å². The number of methoxy groups -OCH3 is 2. The Balaban J connectivity index is 1.86. The molecule has 10 heteroatoms. The van der Waals surface area contributed by atoms with E-state index >= 15 is 0 Å². The van der Waals surface area contributed by atoms with Gasteiger partial charge in [0.1, 0.15) is 23.8 Å². The van der Waals surface area contributed by atoms with Gasteiger partial charge in [-0.1, -0.05) is 6.92 Å². The number of amides is 2. The number of benzene rings is 2. The van der Waals surface area contributed by atoms with Gasteiger partial charge in [-0.25, -0.2) is 8.42 Å². The van der Waals surface area contributed by atoms with Gasteiger partial charge in [-0.2, -0.15) is 0 Å². The van der Waals surface area contributed by atoms with E-state index in [1.165, 1.54) is 44.2 Å². The van der Waals surface area contributed by atoms with E-state index in [2.05, 4.69) is 5.32 Å². The molecule has 0 saturated heterocycles. The first kappa shape index (κ1) is 21.4. The number of hydrogen-bond donors (Lipinski definition) is 1. The molecule has 0 unspecified atom stereocenters. The second-order valence-corrected chi connectivity index (χ2v) is 8.69. The number of rotatable bonds is 7. The summed E-state index contributed by atoms with van der Waals surface area (Å²) in [4.78, 5) is 26.3. The van der Waals surface area contributed by atoms with Crippen LogP contribution in [0, 0.1) is 0 Å². The van der Waals surface area contributed by atoms with Crippen LogP contribution in [-0.4, -0.2) is 53.4 Å². The average Bonchev–Trinajstić information content (AvgIpc) is 2.75. The highest BCUT2D eigenvalue weighted by atomic mass is 32.2. The molecule has 1 aliphatic rings. The normalized spacial score (nSPS) is 13.3. The van der Waals surface area contributed by atoms with E-state index in [0.717, 1.165) is 0 Å². The first-order valence-electron chi connectivity index (χ1n) is 9.11. The molecule has 0 saturated carbocycles. The summed E-state index contributed by atoms with van der Waals surface area (Å²) in [6, 6.07) is 9.17. The van der Waals surface area contributed by atoms with Crippen LogP contribution in [0.25, 0.3) is 0 Å². The monoisotopic (exact) mass is 434 g/mol. The van der Waals surface area contributed by atoms with E-state index in [4.69, 9.17) is 14.2 Å². The molecular weight excluding hydrogens is 412 g/mol. The SMILES string of the molecule is CCS(=O)(=O)c1ccc2c(c1)N(CC(=O)Nc1ccc(OC)cc1OC)C(=O)CO2. The van der Waals surface area contributed by atoms with Crippen molar-refractivity contribution in [2.75, 3.05) is 43.3 Å². The molecule has 0 atom stereocenters. The lowest BCUT2D eigenvalue weighted by Gasteiger charge is -2.29. The molecule has 0 fully saturated rings. The lowest BCUT2D eigenvalue weighted by Crippen LogP contribution is -2.43. The molecule has 2 amide bonds. The van der Waals surface area contributed by atoms with Crippen LogP contribution in [0.15, 0.2) is 41.3 Å². The minimum Gasteiger partial charge on any atom is -0.497 e. The number of sulfone groups is 1. The maximum Gasteiger partial charge on any atom is 0.265 e. The van der Waals surface area contributed by atoms with Gasteiger partial charge < -0.3 is 19.5 Å². The van der Waals surface area contributed by atoms with Crippen LogP contribution in [0.2, 0.25) is 0 Å². The third-order valence-electron chi connectivity index (χ3n) is 4.60. The molecule has 0 aromatic heterocycles. The van der Waals surface area contributed by atoms with E-state index in [-0.39, 0.29) is 29.5 Å². The Morgan fingerprint density at radius 2 is 1.93 bits per heavy atom. The molecular formula is C20H22N2O7S. The van der Waals surface area contributed by atoms with Gasteiger partial charge in [0.05, 0.1) is 36.2 Å². The van der Waals surface area contributed by atoms with Gasteiger partial charge in [-0.15, -0.1) is 0 Å². The van der Waals surface area contributed by atoms with Crippen LogP contribution in [0.4, 0.5) is 11.4 Å². The fraction of sp³-hybridized carbons (Fsp3) is 0.300. The third-order valence-corrected chi connectivity index (χ3v) is 6.33. The van der Waals surface area contributed by atoms with Crippen LogP contribution in [0.1, 0.15) is 6.92 Å². The summed E-state index contributed by atoms with van der Waals surface area (Å²) in [6.45, 7) is 0.968. The lowest BCUT2D eigenvalue weighted by molar-refractivity contribution is -0.123. The van der Waals surface area contributed by atoms with Gasteiger partial charge in [0, 0.05) is 6.07 Å². The second-order valence-electron chi connectivity index (χ2n) is 6.42. The summed E-state index contributed by atoms with van der Waals surface area (Å²) < 4.78 is 40.2. The second kappa shape index (κ2) is 8.62. The van der Waals surface area contributed by atoms with Gasteiger partial charge in [0.15, 0.2) is 16.4 Å². The predicted octanol–water partition coefficient (Wildman–Crippen LogP) is 1.86. The molecule has 0 radical (unpaired) electrons. The van der Waals surface area contributed by atoms with Crippen molar-refractivity contribution in [3.8, 4) is 17.2 Å². The van der Waals surface area contributed by atoms with Crippen molar-refractivity contribution in [2.24, 2.45) is 0 Å². The number of anilines is 2. The molecule has 2 aromatic rings. The van der Waals surface area contributed by atoms with E-state index in [1.54, 1.807) is 18.2 Å². The maximum absolute atomic E-state index is 12.6. The zero-order chi connectivity index (χ0) is 21.9. The Hall–Kier alpha value is -3.27. The number of ether oxygens (including phenoxy) is 3. The molecule has 0 bridgehead atoms. The van der Waals surface area contributed by atoms with Crippen LogP contribution in [-0.2, 0) is 19.4 Å². The molecule has 1 aliphatic heterocycles. The van der Waals surface area contributed by atoms with Crippen molar-refractivity contribution in [3.05, 3.63) is 36.4 Å². The Bertz CT molecular complexity index is 1080. The van der Waals surface area contributed by atoms with Gasteiger partial charge in [0.2, 0.25) is 5.91 Å². The van der Waals surface area contributed by atoms with Crippen molar-refractivity contribution in [3.63, 3.8) is 0 Å². The van der Waals surface area contributed by atoms with Crippen molar-refractivity contribution in [1.82, 2.24) is 0 Å². The minimum atomic E-state index is -3.49. The maximum atomic E-state index is 12.6. The Morgan fingerprint density at radius 3 is 2.60 bits per heavy atom. The Labute approximate surface area is 174 Å². The average molecular weight is 434 g/mol. The number of fused-ring (bicyclic) bond motifs is 1. The minimum absolute atomic E-state index is 0.0595. The van der Waals surface area contributed by atoms with E-state index < -0.39 is 21.7 Å². The zero-order valence-electron chi connectivity index (χ0n) is 16.8. The quantitative estimate of drug-likeness (QED) is 0.708. The highest BCUT2D eigenvalue weighted by Gasteiger charge is 2.29. The fourth-order valence-corrected chi connectivity index (χ4v) is 3.85. The largest absolute Gasteiger partial charge is 0.497 e. The molecule has 1 heterocycles. The molecule has 9 nitrogen and oxygen atoms in total. The number of carbonyl (C=O) groups excluding carboxylic acids is 2. The van der Waals surface area contributed by atoms with Crippen molar-refractivity contribution < 1.29 is 32.2 Å². The molecule has 1 N–H and O–H groups in total. The molecule has 3 rings (SSSR count). The molecule has 0 aliphatic carbocycles. The number of carbonyl (C=O) groups is 2. The highest BCUT2D eigenvalue weighted by Crippen LogP contribution is 2.35. The standard InChI is InChI=1S/C20H22N2O7S/c1-4-30(25,26)14-6-8-17-16(10-14)22(20(24)12-29-17)11-19(23)21-15-7-5-13(27-2)9-18(15)28-3/h5-10H,4,11-12H2,1-3H3,(H,21,23). The van der Waals surface area contributed by atoms with E-state index in [0.29, 0.717) is 22.9 Å².